The molecule has 2 rings (SSSR count). The van der Waals surface area contributed by atoms with Crippen LogP contribution < -0.4 is 0 Å². The highest BCUT2D eigenvalue weighted by molar-refractivity contribution is 7.82. The predicted molar refractivity (Wildman–Crippen MR) is 75.4 cm³/mol. The van der Waals surface area contributed by atoms with Crippen LogP contribution in [0.4, 0.5) is 0 Å². The monoisotopic (exact) mass is 297 g/mol. The van der Waals surface area contributed by atoms with E-state index in [-0.39, 0.29) is 24.7 Å². The van der Waals surface area contributed by atoms with Crippen molar-refractivity contribution >= 4 is 23.0 Å². The first-order valence-electron chi connectivity index (χ1n) is 6.39. The second-order valence-corrected chi connectivity index (χ2v) is 5.65. The van der Waals surface area contributed by atoms with Crippen molar-refractivity contribution in [2.24, 2.45) is 10.9 Å². The Morgan fingerprint density at radius 1 is 1.75 bits per heavy atom. The molecule has 4 unspecified atom stereocenters. The van der Waals surface area contributed by atoms with Gasteiger partial charge in [-0.15, -0.1) is 0 Å². The van der Waals surface area contributed by atoms with E-state index in [0.717, 1.165) is 11.8 Å². The van der Waals surface area contributed by atoms with Crippen LogP contribution in [-0.2, 0) is 15.8 Å². The molecule has 1 saturated carbocycles. The number of hydrogen-bond acceptors (Lipinski definition) is 6. The lowest BCUT2D eigenvalue weighted by Crippen LogP contribution is -2.33. The van der Waals surface area contributed by atoms with Crippen molar-refractivity contribution in [2.45, 2.75) is 31.0 Å². The van der Waals surface area contributed by atoms with Crippen molar-refractivity contribution in [1.29, 1.82) is 5.41 Å². The van der Waals surface area contributed by atoms with Crippen LogP contribution >= 0.6 is 0 Å². The summed E-state index contributed by atoms with van der Waals surface area (Å²) in [5.41, 5.74) is -0.192. The Morgan fingerprint density at radius 2 is 2.55 bits per heavy atom. The fourth-order valence-corrected chi connectivity index (χ4v) is 2.49. The largest absolute Gasteiger partial charge is 0.769 e. The zero-order chi connectivity index (χ0) is 14.6. The quantitative estimate of drug-likeness (QED) is 0.513. The zero-order valence-corrected chi connectivity index (χ0v) is 11.7. The minimum Gasteiger partial charge on any atom is -0.769 e. The number of aliphatic imine (C=N–C) groups is 1. The van der Waals surface area contributed by atoms with Crippen LogP contribution in [0, 0.1) is 11.3 Å². The summed E-state index contributed by atoms with van der Waals surface area (Å²) in [6, 6.07) is 0. The van der Waals surface area contributed by atoms with Crippen molar-refractivity contribution in [3.63, 3.8) is 0 Å². The maximum atomic E-state index is 10.5. The summed E-state index contributed by atoms with van der Waals surface area (Å²) >= 11 is -2.25. The molecule has 2 N–H and O–H groups in total. The van der Waals surface area contributed by atoms with Gasteiger partial charge in [0.1, 0.15) is 5.60 Å². The number of nitrogens with zero attached hydrogens (tertiary/aromatic N) is 1. The van der Waals surface area contributed by atoms with Gasteiger partial charge in [0.25, 0.3) is 0 Å². The van der Waals surface area contributed by atoms with Gasteiger partial charge in [0.2, 0.25) is 0 Å². The van der Waals surface area contributed by atoms with Gasteiger partial charge in [-0.05, 0) is 29.3 Å². The third-order valence-electron chi connectivity index (χ3n) is 3.39. The Bertz CT molecular complexity index is 489. The molecule has 0 bridgehead atoms. The molecule has 0 aromatic carbocycles. The number of nitrogens with one attached hydrogen (secondary N) is 1. The molecule has 1 fully saturated rings. The number of hydrogen-bond donors (Lipinski definition) is 2. The molecular formula is C13H17N2O4S-. The Kier molecular flexibility index (Phi) is 4.98. The van der Waals surface area contributed by atoms with E-state index in [1.165, 1.54) is 6.08 Å². The lowest BCUT2D eigenvalue weighted by atomic mass is 10.1. The van der Waals surface area contributed by atoms with Crippen LogP contribution in [0.15, 0.2) is 28.8 Å². The smallest absolute Gasteiger partial charge is 0.111 e. The summed E-state index contributed by atoms with van der Waals surface area (Å²) in [5.74, 6) is 0.280. The summed E-state index contributed by atoms with van der Waals surface area (Å²) < 4.78 is 26.9. The first kappa shape index (κ1) is 15.2. The maximum Gasteiger partial charge on any atom is 0.111 e. The molecule has 0 amide bonds. The van der Waals surface area contributed by atoms with E-state index in [0.29, 0.717) is 6.42 Å². The number of rotatable bonds is 8. The number of aliphatic hydroxyl groups excluding tert-OH is 1. The first-order chi connectivity index (χ1) is 9.57. The average Bonchev–Trinajstić information content (AvgIpc) is 3.11. The summed E-state index contributed by atoms with van der Waals surface area (Å²) in [4.78, 5) is 4.07. The van der Waals surface area contributed by atoms with E-state index in [1.807, 2.05) is 6.08 Å². The fourth-order valence-electron chi connectivity index (χ4n) is 2.22. The Morgan fingerprint density at radius 3 is 3.20 bits per heavy atom. The molecule has 4 atom stereocenters. The maximum absolute atomic E-state index is 10.5. The third kappa shape index (κ3) is 3.69. The van der Waals surface area contributed by atoms with Gasteiger partial charge in [0.05, 0.1) is 6.10 Å². The van der Waals surface area contributed by atoms with E-state index in [4.69, 9.17) is 15.3 Å². The number of ether oxygens (including phenoxy) is 1. The van der Waals surface area contributed by atoms with Crippen molar-refractivity contribution in [3.05, 3.63) is 23.8 Å². The molecule has 0 spiro atoms. The van der Waals surface area contributed by atoms with E-state index in [2.05, 4.69) is 4.99 Å². The van der Waals surface area contributed by atoms with Gasteiger partial charge in [0.15, 0.2) is 0 Å². The highest BCUT2D eigenvalue weighted by Gasteiger charge is 2.55. The molecule has 6 nitrogen and oxygen atoms in total. The van der Waals surface area contributed by atoms with Crippen LogP contribution in [-0.4, -0.2) is 44.1 Å². The van der Waals surface area contributed by atoms with Gasteiger partial charge in [-0.1, -0.05) is 12.2 Å². The van der Waals surface area contributed by atoms with Gasteiger partial charge in [-0.25, -0.2) is 0 Å². The molecule has 0 radical (unpaired) electrons. The van der Waals surface area contributed by atoms with Crippen LogP contribution in [0.1, 0.15) is 19.3 Å². The summed E-state index contributed by atoms with van der Waals surface area (Å²) in [5, 5.41) is 17.9. The minimum absolute atomic E-state index is 0.125. The lowest BCUT2D eigenvalue weighted by molar-refractivity contribution is 0.0432. The first-order valence-corrected chi connectivity index (χ1v) is 7.53. The van der Waals surface area contributed by atoms with E-state index in [9.17, 15) is 8.76 Å². The van der Waals surface area contributed by atoms with Gasteiger partial charge in [-0.2, -0.15) is 0 Å². The molecule has 0 saturated heterocycles. The Hall–Kier alpha value is -1.15. The van der Waals surface area contributed by atoms with Gasteiger partial charge in [-0.3, -0.25) is 9.20 Å². The second-order valence-electron chi connectivity index (χ2n) is 4.86. The second kappa shape index (κ2) is 6.53. The highest BCUT2D eigenvalue weighted by atomic mass is 32.2. The van der Waals surface area contributed by atoms with Crippen molar-refractivity contribution in [3.8, 4) is 0 Å². The molecule has 20 heavy (non-hydrogen) atoms. The molecular weight excluding hydrogens is 280 g/mol. The molecule has 1 heterocycles. The SMILES string of the molecule is N=C(CCO)C(CC=CS(=O)[O-])OC12C=NC=CC1C2. The molecule has 7 heteroatoms. The average molecular weight is 297 g/mol. The Balaban J connectivity index is 1.99. The molecule has 1 aliphatic heterocycles. The van der Waals surface area contributed by atoms with Crippen LogP contribution in [0.25, 0.3) is 0 Å². The zero-order valence-electron chi connectivity index (χ0n) is 10.9. The topological polar surface area (TPSA) is 106 Å². The number of fused-ring (bicyclic) bond motifs is 1. The van der Waals surface area contributed by atoms with Crippen molar-refractivity contribution in [1.82, 2.24) is 0 Å². The third-order valence-corrected chi connectivity index (χ3v) is 3.81. The molecule has 110 valence electrons. The van der Waals surface area contributed by atoms with Crippen molar-refractivity contribution in [2.75, 3.05) is 6.61 Å². The lowest BCUT2D eigenvalue weighted by Gasteiger charge is -2.23. The molecule has 0 aromatic heterocycles. The molecule has 1 aliphatic carbocycles. The van der Waals surface area contributed by atoms with Gasteiger partial charge < -0.3 is 19.8 Å². The minimum atomic E-state index is -2.25. The van der Waals surface area contributed by atoms with Crippen LogP contribution in [0.3, 0.4) is 0 Å². The van der Waals surface area contributed by atoms with Gasteiger partial charge >= 0.3 is 0 Å². The van der Waals surface area contributed by atoms with Crippen LogP contribution in [0.2, 0.25) is 0 Å². The molecule has 2 aliphatic rings. The molecule has 0 aromatic rings. The normalized spacial score (nSPS) is 30.2. The summed E-state index contributed by atoms with van der Waals surface area (Å²) in [7, 11) is 0. The van der Waals surface area contributed by atoms with Gasteiger partial charge in [0, 0.05) is 37.1 Å². The van der Waals surface area contributed by atoms with Crippen LogP contribution in [0.5, 0.6) is 0 Å². The summed E-state index contributed by atoms with van der Waals surface area (Å²) in [6.07, 6.45) is 7.70. The number of aliphatic hydroxyl groups is 1. The van der Waals surface area contributed by atoms with E-state index < -0.39 is 22.8 Å². The summed E-state index contributed by atoms with van der Waals surface area (Å²) in [6.45, 7) is -0.125. The predicted octanol–water partition coefficient (Wildman–Crippen LogP) is 0.913. The van der Waals surface area contributed by atoms with E-state index in [1.54, 1.807) is 12.4 Å². The van der Waals surface area contributed by atoms with E-state index >= 15 is 0 Å². The Labute approximate surface area is 120 Å². The van der Waals surface area contributed by atoms with Crippen molar-refractivity contribution < 1.29 is 18.6 Å². The fraction of sp³-hybridized carbons (Fsp3) is 0.538. The highest BCUT2D eigenvalue weighted by Crippen LogP contribution is 2.49. The standard InChI is InChI=1S/C13H18N2O4S/c14-11(4-6-16)12(2-1-7-20(17)18)19-13-8-10(13)3-5-15-9-13/h1,3,5,7,9-10,12,14,16H,2,4,6,8H2,(H,17,18)/p-1.